The van der Waals surface area contributed by atoms with Crippen molar-refractivity contribution in [1.29, 1.82) is 0 Å². The molecule has 0 saturated heterocycles. The Morgan fingerprint density at radius 3 is 2.76 bits per heavy atom. The molecule has 5 nitrogen and oxygen atoms in total. The molecule has 2 aliphatic rings. The van der Waals surface area contributed by atoms with Crippen LogP contribution in [-0.4, -0.2) is 21.3 Å². The number of fused-ring (bicyclic) bond motifs is 4. The molecule has 3 aromatic rings. The minimum absolute atomic E-state index is 0.0123. The zero-order valence-corrected chi connectivity index (χ0v) is 15.8. The first-order chi connectivity index (χ1) is 13.9. The number of aromatic nitrogens is 3. The van der Waals surface area contributed by atoms with Gasteiger partial charge in [-0.15, -0.1) is 0 Å². The van der Waals surface area contributed by atoms with E-state index in [0.717, 1.165) is 41.7 Å². The van der Waals surface area contributed by atoms with Crippen molar-refractivity contribution in [1.82, 2.24) is 14.8 Å². The highest BCUT2D eigenvalue weighted by Crippen LogP contribution is 2.44. The lowest BCUT2D eigenvalue weighted by Gasteiger charge is -2.31. The van der Waals surface area contributed by atoms with Crippen LogP contribution in [0.15, 0.2) is 42.6 Å². The first-order valence-corrected chi connectivity index (χ1v) is 9.63. The number of alkyl halides is 3. The first-order valence-electron chi connectivity index (χ1n) is 9.63. The van der Waals surface area contributed by atoms with E-state index in [4.69, 9.17) is 5.10 Å². The molecule has 8 heteroatoms. The van der Waals surface area contributed by atoms with Gasteiger partial charge < -0.3 is 10.6 Å². The van der Waals surface area contributed by atoms with E-state index in [2.05, 4.69) is 15.6 Å². The topological polar surface area (TPSA) is 54.8 Å². The van der Waals surface area contributed by atoms with Gasteiger partial charge >= 0.3 is 6.18 Å². The van der Waals surface area contributed by atoms with E-state index < -0.39 is 11.7 Å². The molecule has 2 atom stereocenters. The molecular weight excluding hydrogens is 379 g/mol. The van der Waals surface area contributed by atoms with Gasteiger partial charge in [-0.3, -0.25) is 0 Å². The fourth-order valence-electron chi connectivity index (χ4n) is 4.44. The van der Waals surface area contributed by atoms with Crippen molar-refractivity contribution in [3.8, 4) is 5.82 Å². The standard InChI is InChI=1S/C21H20F3N5/c1-12-19-17(29(28-12)18-4-2-3-9-25-18)8-5-13-11-26-16-10-14(21(22,23)24)6-7-15(16)27-20(13)19/h2-4,6-7,9-10,13,20,26-27H,5,8,11H2,1H3. The molecule has 1 aliphatic heterocycles. The summed E-state index contributed by atoms with van der Waals surface area (Å²) in [4.78, 5) is 4.42. The number of benzene rings is 1. The average molecular weight is 399 g/mol. The van der Waals surface area contributed by atoms with Crippen LogP contribution in [0.3, 0.4) is 0 Å². The number of anilines is 2. The number of nitrogens with zero attached hydrogens (tertiary/aromatic N) is 3. The Bertz CT molecular complexity index is 1060. The molecule has 2 N–H and O–H groups in total. The van der Waals surface area contributed by atoms with E-state index >= 15 is 0 Å². The Labute approximate surface area is 166 Å². The summed E-state index contributed by atoms with van der Waals surface area (Å²) in [6.07, 6.45) is -0.854. The van der Waals surface area contributed by atoms with E-state index in [9.17, 15) is 13.2 Å². The maximum absolute atomic E-state index is 13.1. The summed E-state index contributed by atoms with van der Waals surface area (Å²) in [5, 5.41) is 11.5. The summed E-state index contributed by atoms with van der Waals surface area (Å²) >= 11 is 0. The lowest BCUT2D eigenvalue weighted by molar-refractivity contribution is -0.137. The summed E-state index contributed by atoms with van der Waals surface area (Å²) in [5.41, 5.74) is 3.69. The van der Waals surface area contributed by atoms with Crippen LogP contribution in [0, 0.1) is 12.8 Å². The lowest BCUT2D eigenvalue weighted by Crippen LogP contribution is -2.30. The molecular formula is C21H20F3N5. The third kappa shape index (κ3) is 3.03. The number of aryl methyl sites for hydroxylation is 1. The lowest BCUT2D eigenvalue weighted by atomic mass is 9.81. The molecule has 29 heavy (non-hydrogen) atoms. The smallest absolute Gasteiger partial charge is 0.383 e. The van der Waals surface area contributed by atoms with E-state index in [1.807, 2.05) is 29.8 Å². The molecule has 1 aromatic carbocycles. The Hall–Kier alpha value is -3.03. The van der Waals surface area contributed by atoms with Gasteiger partial charge in [0.2, 0.25) is 0 Å². The van der Waals surface area contributed by atoms with Gasteiger partial charge in [0.05, 0.1) is 34.4 Å². The molecule has 1 aliphatic carbocycles. The molecule has 150 valence electrons. The maximum atomic E-state index is 13.1. The van der Waals surface area contributed by atoms with Crippen LogP contribution in [-0.2, 0) is 12.6 Å². The van der Waals surface area contributed by atoms with Crippen LogP contribution in [0.5, 0.6) is 0 Å². The van der Waals surface area contributed by atoms with Crippen molar-refractivity contribution >= 4 is 11.4 Å². The van der Waals surface area contributed by atoms with Crippen LogP contribution >= 0.6 is 0 Å². The predicted octanol–water partition coefficient (Wildman–Crippen LogP) is 4.74. The molecule has 2 unspecified atom stereocenters. The zero-order chi connectivity index (χ0) is 20.2. The Morgan fingerprint density at radius 1 is 1.14 bits per heavy atom. The van der Waals surface area contributed by atoms with Gasteiger partial charge in [0, 0.05) is 24.2 Å². The van der Waals surface area contributed by atoms with Gasteiger partial charge in [-0.25, -0.2) is 9.67 Å². The van der Waals surface area contributed by atoms with E-state index in [1.54, 1.807) is 6.20 Å². The highest BCUT2D eigenvalue weighted by atomic mass is 19.4. The van der Waals surface area contributed by atoms with Crippen molar-refractivity contribution in [2.45, 2.75) is 32.0 Å². The van der Waals surface area contributed by atoms with Gasteiger partial charge in [-0.2, -0.15) is 18.3 Å². The van der Waals surface area contributed by atoms with Crippen LogP contribution in [0.25, 0.3) is 5.82 Å². The monoisotopic (exact) mass is 399 g/mol. The minimum atomic E-state index is -4.36. The summed E-state index contributed by atoms with van der Waals surface area (Å²) in [6.45, 7) is 2.59. The van der Waals surface area contributed by atoms with Crippen molar-refractivity contribution in [2.24, 2.45) is 5.92 Å². The highest BCUT2D eigenvalue weighted by Gasteiger charge is 2.37. The molecule has 0 fully saturated rings. The van der Waals surface area contributed by atoms with Gasteiger partial charge in [0.1, 0.15) is 0 Å². The van der Waals surface area contributed by atoms with Gasteiger partial charge in [0.15, 0.2) is 5.82 Å². The van der Waals surface area contributed by atoms with Crippen LogP contribution in [0.1, 0.15) is 35.0 Å². The predicted molar refractivity (Wildman–Crippen MR) is 104 cm³/mol. The molecule has 2 aromatic heterocycles. The van der Waals surface area contributed by atoms with Gasteiger partial charge in [0.25, 0.3) is 0 Å². The van der Waals surface area contributed by atoms with Crippen molar-refractivity contribution in [3.05, 3.63) is 65.1 Å². The first kappa shape index (κ1) is 18.0. The number of rotatable bonds is 1. The number of halogens is 3. The van der Waals surface area contributed by atoms with Crippen LogP contribution in [0.4, 0.5) is 24.5 Å². The Balaban J connectivity index is 1.55. The van der Waals surface area contributed by atoms with Crippen molar-refractivity contribution in [3.63, 3.8) is 0 Å². The quantitative estimate of drug-likeness (QED) is 0.621. The summed E-state index contributed by atoms with van der Waals surface area (Å²) < 4.78 is 41.2. The van der Waals surface area contributed by atoms with Gasteiger partial charge in [-0.05, 0) is 50.1 Å². The third-order valence-corrected chi connectivity index (χ3v) is 5.82. The SMILES string of the molecule is Cc1nn(-c2ccccn2)c2c1C1Nc3ccc(C(F)(F)F)cc3NCC1CC2. The summed E-state index contributed by atoms with van der Waals surface area (Å²) in [6, 6.07) is 9.54. The zero-order valence-electron chi connectivity index (χ0n) is 15.8. The van der Waals surface area contributed by atoms with E-state index in [-0.39, 0.29) is 12.0 Å². The second-order valence-electron chi connectivity index (χ2n) is 7.61. The fraction of sp³-hybridized carbons (Fsp3) is 0.333. The van der Waals surface area contributed by atoms with Crippen LogP contribution in [0.2, 0.25) is 0 Å². The molecule has 0 amide bonds. The number of pyridine rings is 1. The summed E-state index contributed by atoms with van der Waals surface area (Å²) in [5.74, 6) is 1.03. The number of nitrogens with one attached hydrogen (secondary N) is 2. The van der Waals surface area contributed by atoms with Crippen molar-refractivity contribution < 1.29 is 13.2 Å². The molecule has 0 spiro atoms. The molecule has 3 heterocycles. The van der Waals surface area contributed by atoms with Crippen LogP contribution < -0.4 is 10.6 Å². The second kappa shape index (κ2) is 6.50. The Kier molecular flexibility index (Phi) is 4.04. The van der Waals surface area contributed by atoms with E-state index in [1.165, 1.54) is 12.1 Å². The minimum Gasteiger partial charge on any atom is -0.383 e. The third-order valence-electron chi connectivity index (χ3n) is 5.82. The molecule has 5 rings (SSSR count). The number of hydrogen-bond acceptors (Lipinski definition) is 4. The molecule has 0 radical (unpaired) electrons. The fourth-order valence-corrected chi connectivity index (χ4v) is 4.44. The molecule has 0 bridgehead atoms. The molecule has 0 saturated carbocycles. The maximum Gasteiger partial charge on any atom is 0.416 e. The highest BCUT2D eigenvalue weighted by molar-refractivity contribution is 5.72. The average Bonchev–Trinajstić information content (AvgIpc) is 2.93. The van der Waals surface area contributed by atoms with Gasteiger partial charge in [-0.1, -0.05) is 6.07 Å². The largest absolute Gasteiger partial charge is 0.416 e. The number of hydrogen-bond donors (Lipinski definition) is 2. The summed E-state index contributed by atoms with van der Waals surface area (Å²) in [7, 11) is 0. The normalized spacial score (nSPS) is 20.6. The Morgan fingerprint density at radius 2 is 2.00 bits per heavy atom. The van der Waals surface area contributed by atoms with Crippen molar-refractivity contribution in [2.75, 3.05) is 17.2 Å². The van der Waals surface area contributed by atoms with E-state index in [0.29, 0.717) is 17.9 Å². The second-order valence-corrected chi connectivity index (χ2v) is 7.61.